The van der Waals surface area contributed by atoms with Crippen molar-refractivity contribution in [1.82, 2.24) is 0 Å². The molecule has 1 aromatic carbocycles. The van der Waals surface area contributed by atoms with Gasteiger partial charge in [-0.25, -0.2) is 0 Å². The van der Waals surface area contributed by atoms with Gasteiger partial charge in [0.15, 0.2) is 11.5 Å². The Kier molecular flexibility index (Phi) is 2.86. The van der Waals surface area contributed by atoms with Crippen molar-refractivity contribution >= 4 is 5.97 Å². The lowest BCUT2D eigenvalue weighted by Gasteiger charge is -2.21. The average Bonchev–Trinajstić information content (AvgIpc) is 3.19. The maximum Gasteiger partial charge on any atom is 0.303 e. The topological polar surface area (TPSA) is 55.8 Å². The molecule has 0 radical (unpaired) electrons. The van der Waals surface area contributed by atoms with E-state index in [1.807, 2.05) is 18.2 Å². The first-order valence-electron chi connectivity index (χ1n) is 6.35. The summed E-state index contributed by atoms with van der Waals surface area (Å²) in [5.74, 6) is 1.40. The largest absolute Gasteiger partial charge is 0.486 e. The molecule has 96 valence electrons. The number of hydrogen-bond acceptors (Lipinski definition) is 3. The monoisotopic (exact) mass is 248 g/mol. The van der Waals surface area contributed by atoms with E-state index in [-0.39, 0.29) is 12.3 Å². The van der Waals surface area contributed by atoms with Gasteiger partial charge in [0, 0.05) is 0 Å². The lowest BCUT2D eigenvalue weighted by Crippen LogP contribution is -2.16. The molecule has 0 aromatic heterocycles. The van der Waals surface area contributed by atoms with Crippen LogP contribution in [0.25, 0.3) is 0 Å². The molecule has 0 saturated heterocycles. The molecule has 0 bridgehead atoms. The summed E-state index contributed by atoms with van der Waals surface area (Å²) in [6, 6.07) is 5.81. The maximum absolute atomic E-state index is 10.9. The molecular formula is C14H16O4. The Labute approximate surface area is 106 Å². The second kappa shape index (κ2) is 4.52. The third-order valence-corrected chi connectivity index (χ3v) is 3.58. The number of hydrogen-bond donors (Lipinski definition) is 1. The summed E-state index contributed by atoms with van der Waals surface area (Å²) in [6.45, 7) is 1.14. The van der Waals surface area contributed by atoms with E-state index < -0.39 is 5.97 Å². The molecule has 4 nitrogen and oxygen atoms in total. The van der Waals surface area contributed by atoms with E-state index >= 15 is 0 Å². The maximum atomic E-state index is 10.9. The second-order valence-corrected chi connectivity index (χ2v) is 4.94. The van der Waals surface area contributed by atoms with E-state index in [0.717, 1.165) is 29.9 Å². The summed E-state index contributed by atoms with van der Waals surface area (Å²) in [5.41, 5.74) is 1.06. The van der Waals surface area contributed by atoms with Gasteiger partial charge in [-0.1, -0.05) is 6.07 Å². The minimum atomic E-state index is -0.734. The molecule has 1 aliphatic carbocycles. The first-order valence-corrected chi connectivity index (χ1v) is 6.35. The predicted molar refractivity (Wildman–Crippen MR) is 65.1 cm³/mol. The molecule has 1 aromatic rings. The van der Waals surface area contributed by atoms with Crippen molar-refractivity contribution in [3.8, 4) is 11.5 Å². The van der Waals surface area contributed by atoms with Gasteiger partial charge in [-0.15, -0.1) is 0 Å². The molecule has 1 N–H and O–H groups in total. The SMILES string of the molecule is O=C(O)C[C@H](c1ccc2c(c1)OCCO2)C1CC1. The van der Waals surface area contributed by atoms with Gasteiger partial charge in [-0.3, -0.25) is 4.79 Å². The number of fused-ring (bicyclic) bond motifs is 1. The predicted octanol–water partition coefficient (Wildman–Crippen LogP) is 2.43. The van der Waals surface area contributed by atoms with Crippen LogP contribution >= 0.6 is 0 Å². The zero-order valence-electron chi connectivity index (χ0n) is 10.1. The van der Waals surface area contributed by atoms with Gasteiger partial charge in [-0.2, -0.15) is 0 Å². The van der Waals surface area contributed by atoms with Gasteiger partial charge in [0.1, 0.15) is 13.2 Å². The van der Waals surface area contributed by atoms with Crippen molar-refractivity contribution < 1.29 is 19.4 Å². The summed E-state index contributed by atoms with van der Waals surface area (Å²) in [5, 5.41) is 9.00. The smallest absolute Gasteiger partial charge is 0.303 e. The Bertz CT molecular complexity index is 465. The van der Waals surface area contributed by atoms with Crippen LogP contribution < -0.4 is 9.47 Å². The van der Waals surface area contributed by atoms with E-state index in [1.165, 1.54) is 0 Å². The van der Waals surface area contributed by atoms with E-state index in [1.54, 1.807) is 0 Å². The lowest BCUT2D eigenvalue weighted by molar-refractivity contribution is -0.137. The molecule has 1 saturated carbocycles. The van der Waals surface area contributed by atoms with E-state index in [4.69, 9.17) is 14.6 Å². The number of carboxylic acids is 1. The second-order valence-electron chi connectivity index (χ2n) is 4.94. The number of ether oxygens (including phenoxy) is 2. The molecular weight excluding hydrogens is 232 g/mol. The summed E-state index contributed by atoms with van der Waals surface area (Å²) in [4.78, 5) is 10.9. The van der Waals surface area contributed by atoms with E-state index in [9.17, 15) is 4.79 Å². The Balaban J connectivity index is 1.87. The van der Waals surface area contributed by atoms with Gasteiger partial charge in [0.05, 0.1) is 6.42 Å². The number of aliphatic carboxylic acids is 1. The first kappa shape index (κ1) is 11.4. The highest BCUT2D eigenvalue weighted by molar-refractivity contribution is 5.68. The Morgan fingerprint density at radius 3 is 2.67 bits per heavy atom. The van der Waals surface area contributed by atoms with Gasteiger partial charge < -0.3 is 14.6 Å². The highest BCUT2D eigenvalue weighted by Crippen LogP contribution is 2.46. The zero-order valence-corrected chi connectivity index (χ0v) is 10.1. The molecule has 1 aliphatic heterocycles. The molecule has 4 heteroatoms. The standard InChI is InChI=1S/C14H16O4/c15-14(16)8-11(9-1-2-9)10-3-4-12-13(7-10)18-6-5-17-12/h3-4,7,9,11H,1-2,5-6,8H2,(H,15,16)/t11-/m0/s1. The lowest BCUT2D eigenvalue weighted by atomic mass is 9.91. The summed E-state index contributed by atoms with van der Waals surface area (Å²) in [7, 11) is 0. The molecule has 0 unspecified atom stereocenters. The van der Waals surface area contributed by atoms with Crippen LogP contribution in [0, 0.1) is 5.92 Å². The van der Waals surface area contributed by atoms with Crippen LogP contribution in [0.5, 0.6) is 11.5 Å². The third kappa shape index (κ3) is 2.28. The van der Waals surface area contributed by atoms with Crippen molar-refractivity contribution in [3.05, 3.63) is 23.8 Å². The van der Waals surface area contributed by atoms with Gasteiger partial charge >= 0.3 is 5.97 Å². The summed E-state index contributed by atoms with van der Waals surface area (Å²) < 4.78 is 11.0. The van der Waals surface area contributed by atoms with Crippen molar-refractivity contribution in [3.63, 3.8) is 0 Å². The van der Waals surface area contributed by atoms with Crippen LogP contribution in [0.15, 0.2) is 18.2 Å². The van der Waals surface area contributed by atoms with Crippen LogP contribution in [0.4, 0.5) is 0 Å². The van der Waals surface area contributed by atoms with E-state index in [2.05, 4.69) is 0 Å². The van der Waals surface area contributed by atoms with Crippen molar-refractivity contribution in [2.24, 2.45) is 5.92 Å². The highest BCUT2D eigenvalue weighted by Gasteiger charge is 2.34. The first-order chi connectivity index (χ1) is 8.74. The van der Waals surface area contributed by atoms with Gasteiger partial charge in [-0.05, 0) is 42.4 Å². The molecule has 1 heterocycles. The highest BCUT2D eigenvalue weighted by atomic mass is 16.6. The van der Waals surface area contributed by atoms with Crippen LogP contribution in [0.1, 0.15) is 30.7 Å². The summed E-state index contributed by atoms with van der Waals surface area (Å²) >= 11 is 0. The Hall–Kier alpha value is -1.71. The van der Waals surface area contributed by atoms with Crippen LogP contribution in [-0.2, 0) is 4.79 Å². The molecule has 0 spiro atoms. The van der Waals surface area contributed by atoms with Crippen LogP contribution in [0.2, 0.25) is 0 Å². The minimum Gasteiger partial charge on any atom is -0.486 e. The van der Waals surface area contributed by atoms with Gasteiger partial charge in [0.2, 0.25) is 0 Å². The number of carbonyl (C=O) groups is 1. The zero-order chi connectivity index (χ0) is 12.5. The van der Waals surface area contributed by atoms with E-state index in [0.29, 0.717) is 19.1 Å². The van der Waals surface area contributed by atoms with Crippen molar-refractivity contribution in [2.75, 3.05) is 13.2 Å². The molecule has 18 heavy (non-hydrogen) atoms. The number of benzene rings is 1. The Morgan fingerprint density at radius 1 is 1.28 bits per heavy atom. The normalized spacial score (nSPS) is 19.3. The van der Waals surface area contributed by atoms with Crippen LogP contribution in [-0.4, -0.2) is 24.3 Å². The average molecular weight is 248 g/mol. The minimum absolute atomic E-state index is 0.110. The molecule has 1 atom stereocenters. The summed E-state index contributed by atoms with van der Waals surface area (Å²) in [6.07, 6.45) is 2.46. The molecule has 1 fully saturated rings. The molecule has 3 rings (SSSR count). The quantitative estimate of drug-likeness (QED) is 0.889. The van der Waals surface area contributed by atoms with Gasteiger partial charge in [0.25, 0.3) is 0 Å². The number of carboxylic acid groups (broad SMARTS) is 1. The fraction of sp³-hybridized carbons (Fsp3) is 0.500. The third-order valence-electron chi connectivity index (χ3n) is 3.58. The fourth-order valence-corrected chi connectivity index (χ4v) is 2.53. The number of rotatable bonds is 4. The van der Waals surface area contributed by atoms with Crippen molar-refractivity contribution in [2.45, 2.75) is 25.2 Å². The fourth-order valence-electron chi connectivity index (χ4n) is 2.53. The molecule has 2 aliphatic rings. The van der Waals surface area contributed by atoms with Crippen molar-refractivity contribution in [1.29, 1.82) is 0 Å². The van der Waals surface area contributed by atoms with Crippen LogP contribution in [0.3, 0.4) is 0 Å². The Morgan fingerprint density at radius 2 is 2.00 bits per heavy atom. The molecule has 0 amide bonds.